The molecule has 86 valence electrons. The van der Waals surface area contributed by atoms with E-state index in [1.54, 1.807) is 30.5 Å². The molecule has 16 heavy (non-hydrogen) atoms. The summed E-state index contributed by atoms with van der Waals surface area (Å²) in [5.74, 6) is -3.31. The maximum Gasteiger partial charge on any atom is 0.289 e. The normalized spacial score (nSPS) is 14.2. The average molecular weight is 226 g/mol. The molecule has 0 spiro atoms. The Morgan fingerprint density at radius 3 is 2.81 bits per heavy atom. The van der Waals surface area contributed by atoms with E-state index in [-0.39, 0.29) is 0 Å². The minimum atomic E-state index is -3.31. The fraction of sp³-hybridized carbons (Fsp3) is 0.273. The average Bonchev–Trinajstić information content (AvgIpc) is 2.75. The van der Waals surface area contributed by atoms with Gasteiger partial charge in [0.15, 0.2) is 0 Å². The van der Waals surface area contributed by atoms with E-state index in [1.165, 1.54) is 0 Å². The molecule has 4 N–H and O–H groups in total. The lowest BCUT2D eigenvalue weighted by atomic mass is 9.98. The number of nitrogens with two attached hydrogens (primary N) is 1. The number of benzene rings is 1. The number of aromatic amines is 1. The minimum Gasteiger partial charge on any atom is -0.390 e. The molecule has 0 aliphatic carbocycles. The van der Waals surface area contributed by atoms with Gasteiger partial charge in [-0.05, 0) is 17.7 Å². The van der Waals surface area contributed by atoms with Gasteiger partial charge in [-0.15, -0.1) is 0 Å². The number of hydrogen-bond acceptors (Lipinski definition) is 2. The number of fused-ring (bicyclic) bond motifs is 1. The predicted octanol–water partition coefficient (Wildman–Crippen LogP) is 1.80. The van der Waals surface area contributed by atoms with Crippen LogP contribution in [-0.4, -0.2) is 22.6 Å². The Hall–Kier alpha value is -1.46. The Bertz CT molecular complexity index is 495. The third-order valence-electron chi connectivity index (χ3n) is 2.63. The van der Waals surface area contributed by atoms with Crippen LogP contribution in [0.1, 0.15) is 11.6 Å². The van der Waals surface area contributed by atoms with Crippen LogP contribution in [0.25, 0.3) is 10.9 Å². The fourth-order valence-electron chi connectivity index (χ4n) is 1.71. The SMILES string of the molecule is N[C@@H](c1cccc2[nH]ccc12)C(F)(F)CO. The first kappa shape index (κ1) is 11.0. The molecule has 5 heteroatoms. The van der Waals surface area contributed by atoms with Crippen LogP contribution in [0.15, 0.2) is 30.5 Å². The van der Waals surface area contributed by atoms with E-state index < -0.39 is 18.6 Å². The van der Waals surface area contributed by atoms with E-state index >= 15 is 0 Å². The summed E-state index contributed by atoms with van der Waals surface area (Å²) in [6.45, 7) is -1.25. The van der Waals surface area contributed by atoms with Crippen molar-refractivity contribution in [2.45, 2.75) is 12.0 Å². The molecule has 1 aromatic heterocycles. The molecule has 0 radical (unpaired) electrons. The first-order chi connectivity index (χ1) is 7.56. The van der Waals surface area contributed by atoms with Gasteiger partial charge < -0.3 is 15.8 Å². The standard InChI is InChI=1S/C11H12F2N2O/c12-11(13,6-16)10(14)8-2-1-3-9-7(8)4-5-15-9/h1-5,10,15-16H,6,14H2/t10-/m0/s1. The molecule has 0 bridgehead atoms. The number of alkyl halides is 2. The summed E-state index contributed by atoms with van der Waals surface area (Å²) in [6.07, 6.45) is 1.66. The molecule has 3 nitrogen and oxygen atoms in total. The molecule has 1 heterocycles. The zero-order chi connectivity index (χ0) is 11.8. The second-order valence-electron chi connectivity index (χ2n) is 3.68. The van der Waals surface area contributed by atoms with Gasteiger partial charge in [0, 0.05) is 17.1 Å². The van der Waals surface area contributed by atoms with Crippen molar-refractivity contribution in [2.75, 3.05) is 6.61 Å². The quantitative estimate of drug-likeness (QED) is 0.747. The van der Waals surface area contributed by atoms with Crippen LogP contribution >= 0.6 is 0 Å². The van der Waals surface area contributed by atoms with Crippen molar-refractivity contribution in [3.63, 3.8) is 0 Å². The maximum absolute atomic E-state index is 13.3. The highest BCUT2D eigenvalue weighted by Gasteiger charge is 2.38. The summed E-state index contributed by atoms with van der Waals surface area (Å²) in [7, 11) is 0. The summed E-state index contributed by atoms with van der Waals surface area (Å²) in [6, 6.07) is 5.17. The van der Waals surface area contributed by atoms with Crippen LogP contribution in [0.2, 0.25) is 0 Å². The van der Waals surface area contributed by atoms with Gasteiger partial charge in [-0.3, -0.25) is 0 Å². The topological polar surface area (TPSA) is 62.0 Å². The molecular weight excluding hydrogens is 214 g/mol. The highest BCUT2D eigenvalue weighted by Crippen LogP contribution is 2.32. The van der Waals surface area contributed by atoms with Crippen LogP contribution in [0.3, 0.4) is 0 Å². The molecule has 1 atom stereocenters. The Morgan fingerprint density at radius 2 is 2.12 bits per heavy atom. The first-order valence-corrected chi connectivity index (χ1v) is 4.86. The Kier molecular flexibility index (Phi) is 2.65. The number of halogens is 2. The number of aliphatic hydroxyl groups excluding tert-OH is 1. The third kappa shape index (κ3) is 1.68. The number of H-pyrrole nitrogens is 1. The third-order valence-corrected chi connectivity index (χ3v) is 2.63. The van der Waals surface area contributed by atoms with Crippen molar-refractivity contribution in [1.82, 2.24) is 4.98 Å². The molecule has 2 aromatic rings. The fourth-order valence-corrected chi connectivity index (χ4v) is 1.71. The van der Waals surface area contributed by atoms with E-state index in [1.807, 2.05) is 0 Å². The summed E-state index contributed by atoms with van der Waals surface area (Å²) in [5.41, 5.74) is 6.57. The minimum absolute atomic E-state index is 0.331. The summed E-state index contributed by atoms with van der Waals surface area (Å²) in [5, 5.41) is 9.27. The zero-order valence-corrected chi connectivity index (χ0v) is 8.45. The molecule has 1 aromatic carbocycles. The van der Waals surface area contributed by atoms with E-state index in [0.29, 0.717) is 10.9 Å². The van der Waals surface area contributed by atoms with Gasteiger partial charge in [0.05, 0.1) is 6.04 Å². The molecule has 0 fully saturated rings. The van der Waals surface area contributed by atoms with Gasteiger partial charge in [0.2, 0.25) is 0 Å². The van der Waals surface area contributed by atoms with Crippen molar-refractivity contribution < 1.29 is 13.9 Å². The van der Waals surface area contributed by atoms with Gasteiger partial charge >= 0.3 is 0 Å². The van der Waals surface area contributed by atoms with Crippen molar-refractivity contribution >= 4 is 10.9 Å². The van der Waals surface area contributed by atoms with Gasteiger partial charge in [0.1, 0.15) is 6.61 Å². The maximum atomic E-state index is 13.3. The lowest BCUT2D eigenvalue weighted by Crippen LogP contribution is -2.36. The van der Waals surface area contributed by atoms with Gasteiger partial charge in [-0.1, -0.05) is 12.1 Å². The molecular formula is C11H12F2N2O. The number of aromatic nitrogens is 1. The van der Waals surface area contributed by atoms with E-state index in [4.69, 9.17) is 10.8 Å². The van der Waals surface area contributed by atoms with E-state index in [0.717, 1.165) is 5.52 Å². The van der Waals surface area contributed by atoms with Crippen molar-refractivity contribution in [3.05, 3.63) is 36.0 Å². The Balaban J connectivity index is 2.51. The number of nitrogens with one attached hydrogen (secondary N) is 1. The highest BCUT2D eigenvalue weighted by atomic mass is 19.3. The van der Waals surface area contributed by atoms with Crippen LogP contribution in [-0.2, 0) is 0 Å². The van der Waals surface area contributed by atoms with Crippen molar-refractivity contribution in [2.24, 2.45) is 5.73 Å². The van der Waals surface area contributed by atoms with Gasteiger partial charge in [-0.2, -0.15) is 0 Å². The molecule has 0 aliphatic heterocycles. The lowest BCUT2D eigenvalue weighted by molar-refractivity contribution is -0.0708. The molecule has 0 aliphatic rings. The van der Waals surface area contributed by atoms with Gasteiger partial charge in [-0.25, -0.2) is 8.78 Å². The smallest absolute Gasteiger partial charge is 0.289 e. The highest BCUT2D eigenvalue weighted by molar-refractivity contribution is 5.83. The second kappa shape index (κ2) is 3.84. The van der Waals surface area contributed by atoms with Gasteiger partial charge in [0.25, 0.3) is 5.92 Å². The van der Waals surface area contributed by atoms with Crippen LogP contribution in [0.5, 0.6) is 0 Å². The van der Waals surface area contributed by atoms with Crippen LogP contribution in [0, 0.1) is 0 Å². The van der Waals surface area contributed by atoms with E-state index in [9.17, 15) is 8.78 Å². The molecule has 0 unspecified atom stereocenters. The molecule has 0 saturated heterocycles. The molecule has 0 amide bonds. The molecule has 2 rings (SSSR count). The number of hydrogen-bond donors (Lipinski definition) is 3. The first-order valence-electron chi connectivity index (χ1n) is 4.86. The van der Waals surface area contributed by atoms with E-state index in [2.05, 4.69) is 4.98 Å². The lowest BCUT2D eigenvalue weighted by Gasteiger charge is -2.22. The predicted molar refractivity (Wildman–Crippen MR) is 57.3 cm³/mol. The zero-order valence-electron chi connectivity index (χ0n) is 8.45. The van der Waals surface area contributed by atoms with Crippen molar-refractivity contribution in [3.8, 4) is 0 Å². The largest absolute Gasteiger partial charge is 0.390 e. The monoisotopic (exact) mass is 226 g/mol. The summed E-state index contributed by atoms with van der Waals surface area (Å²) < 4.78 is 26.6. The Morgan fingerprint density at radius 1 is 1.38 bits per heavy atom. The summed E-state index contributed by atoms with van der Waals surface area (Å²) in [4.78, 5) is 2.92. The van der Waals surface area contributed by atoms with Crippen LogP contribution < -0.4 is 5.73 Å². The number of rotatable bonds is 3. The Labute approximate surface area is 90.9 Å². The summed E-state index contributed by atoms with van der Waals surface area (Å²) >= 11 is 0. The van der Waals surface area contributed by atoms with Crippen molar-refractivity contribution in [1.29, 1.82) is 0 Å². The number of aliphatic hydroxyl groups is 1. The second-order valence-corrected chi connectivity index (χ2v) is 3.68. The van der Waals surface area contributed by atoms with Crippen LogP contribution in [0.4, 0.5) is 8.78 Å². The molecule has 0 saturated carbocycles.